The molecule has 0 amide bonds. The van der Waals surface area contributed by atoms with Crippen molar-refractivity contribution in [3.8, 4) is 0 Å². The number of nitrogens with one attached hydrogen (secondary N) is 1. The molecule has 0 aliphatic carbocycles. The lowest BCUT2D eigenvalue weighted by Gasteiger charge is -2.03. The van der Waals surface area contributed by atoms with Gasteiger partial charge in [0, 0.05) is 12.1 Å². The highest BCUT2D eigenvalue weighted by Crippen LogP contribution is 2.01. The zero-order chi connectivity index (χ0) is 10.8. The zero-order valence-electron chi connectivity index (χ0n) is 9.01. The number of hydrogen-bond acceptors (Lipinski definition) is 4. The summed E-state index contributed by atoms with van der Waals surface area (Å²) in [6, 6.07) is 0. The van der Waals surface area contributed by atoms with E-state index in [1.807, 2.05) is 13.0 Å². The van der Waals surface area contributed by atoms with Crippen molar-refractivity contribution >= 4 is 5.97 Å². The van der Waals surface area contributed by atoms with Crippen molar-refractivity contribution in [1.29, 1.82) is 0 Å². The molecule has 0 atom stereocenters. The number of nitrogens with two attached hydrogens (primary N) is 1. The molecular formula is C10H20N2O2. The molecule has 4 nitrogen and oxygen atoms in total. The Hall–Kier alpha value is -0.870. The third kappa shape index (κ3) is 5.72. The maximum absolute atomic E-state index is 11.1. The van der Waals surface area contributed by atoms with E-state index in [-0.39, 0.29) is 5.97 Å². The minimum absolute atomic E-state index is 0.242. The van der Waals surface area contributed by atoms with Crippen LogP contribution in [0.3, 0.4) is 0 Å². The van der Waals surface area contributed by atoms with Crippen LogP contribution < -0.4 is 11.1 Å². The van der Waals surface area contributed by atoms with Crippen LogP contribution in [0.1, 0.15) is 19.8 Å². The fourth-order valence-corrected chi connectivity index (χ4v) is 1.03. The Labute approximate surface area is 85.5 Å². The lowest BCUT2D eigenvalue weighted by molar-refractivity contribution is -0.136. The number of esters is 1. The van der Waals surface area contributed by atoms with E-state index in [0.717, 1.165) is 13.0 Å². The molecule has 0 aromatic rings. The van der Waals surface area contributed by atoms with Crippen molar-refractivity contribution in [2.75, 3.05) is 26.7 Å². The average molecular weight is 200 g/mol. The second-order valence-electron chi connectivity index (χ2n) is 2.92. The Balaban J connectivity index is 3.76. The molecule has 0 radical (unpaired) electrons. The fourth-order valence-electron chi connectivity index (χ4n) is 1.03. The van der Waals surface area contributed by atoms with Gasteiger partial charge in [0.15, 0.2) is 0 Å². The first-order chi connectivity index (χ1) is 6.76. The van der Waals surface area contributed by atoms with Gasteiger partial charge in [-0.05, 0) is 25.9 Å². The average Bonchev–Trinajstić information content (AvgIpc) is 2.22. The van der Waals surface area contributed by atoms with E-state index >= 15 is 0 Å². The molecule has 0 bridgehead atoms. The number of hydrogen-bond donors (Lipinski definition) is 2. The lowest BCUT2D eigenvalue weighted by atomic mass is 10.2. The van der Waals surface area contributed by atoms with Gasteiger partial charge in [0.05, 0.1) is 7.11 Å². The van der Waals surface area contributed by atoms with Crippen LogP contribution in [0.2, 0.25) is 0 Å². The van der Waals surface area contributed by atoms with Crippen molar-refractivity contribution in [3.63, 3.8) is 0 Å². The topological polar surface area (TPSA) is 64.3 Å². The molecule has 0 rings (SSSR count). The highest BCUT2D eigenvalue weighted by molar-refractivity contribution is 5.88. The predicted octanol–water partition coefficient (Wildman–Crippen LogP) is 0.434. The Kier molecular flexibility index (Phi) is 8.17. The highest BCUT2D eigenvalue weighted by Gasteiger charge is 2.04. The van der Waals surface area contributed by atoms with Crippen LogP contribution in [0, 0.1) is 0 Å². The van der Waals surface area contributed by atoms with Crippen molar-refractivity contribution in [1.82, 2.24) is 5.32 Å². The number of carbonyl (C=O) groups is 1. The van der Waals surface area contributed by atoms with Crippen LogP contribution in [0.4, 0.5) is 0 Å². The maximum atomic E-state index is 11.1. The molecule has 0 aliphatic heterocycles. The van der Waals surface area contributed by atoms with E-state index in [1.54, 1.807) is 0 Å². The standard InChI is InChI=1S/C10H20N2O2/c1-3-9(10(13)14-2)5-8-12-7-4-6-11/h5,12H,3-4,6-8,11H2,1-2H3. The van der Waals surface area contributed by atoms with E-state index < -0.39 is 0 Å². The molecular weight excluding hydrogens is 180 g/mol. The smallest absolute Gasteiger partial charge is 0.333 e. The molecule has 0 unspecified atom stereocenters. The van der Waals surface area contributed by atoms with Crippen molar-refractivity contribution < 1.29 is 9.53 Å². The summed E-state index contributed by atoms with van der Waals surface area (Å²) >= 11 is 0. The molecule has 3 N–H and O–H groups in total. The van der Waals surface area contributed by atoms with Gasteiger partial charge in [0.25, 0.3) is 0 Å². The molecule has 0 spiro atoms. The monoisotopic (exact) mass is 200 g/mol. The van der Waals surface area contributed by atoms with Crippen LogP contribution >= 0.6 is 0 Å². The van der Waals surface area contributed by atoms with Gasteiger partial charge >= 0.3 is 5.97 Å². The number of methoxy groups -OCH3 is 1. The Morgan fingerprint density at radius 3 is 2.79 bits per heavy atom. The number of ether oxygens (including phenoxy) is 1. The van der Waals surface area contributed by atoms with E-state index in [4.69, 9.17) is 5.73 Å². The molecule has 0 aromatic heterocycles. The number of rotatable bonds is 7. The van der Waals surface area contributed by atoms with Crippen molar-refractivity contribution in [3.05, 3.63) is 11.6 Å². The first-order valence-corrected chi connectivity index (χ1v) is 4.94. The molecule has 0 aliphatic rings. The molecule has 4 heteroatoms. The normalized spacial score (nSPS) is 11.5. The summed E-state index contributed by atoms with van der Waals surface area (Å²) in [7, 11) is 1.40. The van der Waals surface area contributed by atoms with Crippen LogP contribution in [-0.2, 0) is 9.53 Å². The van der Waals surface area contributed by atoms with Gasteiger partial charge in [-0.25, -0.2) is 4.79 Å². The van der Waals surface area contributed by atoms with Gasteiger partial charge in [0.1, 0.15) is 0 Å². The molecule has 14 heavy (non-hydrogen) atoms. The predicted molar refractivity (Wildman–Crippen MR) is 56.9 cm³/mol. The number of carbonyl (C=O) groups excluding carboxylic acids is 1. The van der Waals surface area contributed by atoms with Gasteiger partial charge in [-0.1, -0.05) is 13.0 Å². The van der Waals surface area contributed by atoms with Crippen LogP contribution in [0.25, 0.3) is 0 Å². The van der Waals surface area contributed by atoms with Crippen LogP contribution in [-0.4, -0.2) is 32.7 Å². The van der Waals surface area contributed by atoms with Gasteiger partial charge in [-0.2, -0.15) is 0 Å². The minimum atomic E-state index is -0.242. The van der Waals surface area contributed by atoms with E-state index in [9.17, 15) is 4.79 Å². The third-order valence-corrected chi connectivity index (χ3v) is 1.88. The SMILES string of the molecule is CCC(=CCNCCCN)C(=O)OC. The fraction of sp³-hybridized carbons (Fsp3) is 0.700. The largest absolute Gasteiger partial charge is 0.466 e. The van der Waals surface area contributed by atoms with Crippen molar-refractivity contribution in [2.45, 2.75) is 19.8 Å². The Morgan fingerprint density at radius 2 is 2.29 bits per heavy atom. The van der Waals surface area contributed by atoms with Gasteiger partial charge in [-0.3, -0.25) is 0 Å². The summed E-state index contributed by atoms with van der Waals surface area (Å²) in [5, 5.41) is 3.17. The zero-order valence-corrected chi connectivity index (χ0v) is 9.01. The summed E-state index contributed by atoms with van der Waals surface area (Å²) in [5.41, 5.74) is 6.05. The first kappa shape index (κ1) is 13.1. The lowest BCUT2D eigenvalue weighted by Crippen LogP contribution is -2.19. The second-order valence-corrected chi connectivity index (χ2v) is 2.92. The summed E-state index contributed by atoms with van der Waals surface area (Å²) in [6.45, 7) is 4.19. The van der Waals surface area contributed by atoms with Crippen LogP contribution in [0.5, 0.6) is 0 Å². The molecule has 0 fully saturated rings. The molecule has 0 heterocycles. The summed E-state index contributed by atoms with van der Waals surface area (Å²) in [5.74, 6) is -0.242. The molecule has 0 saturated carbocycles. The summed E-state index contributed by atoms with van der Waals surface area (Å²) in [6.07, 6.45) is 3.51. The third-order valence-electron chi connectivity index (χ3n) is 1.88. The van der Waals surface area contributed by atoms with Crippen molar-refractivity contribution in [2.24, 2.45) is 5.73 Å². The van der Waals surface area contributed by atoms with E-state index in [0.29, 0.717) is 25.1 Å². The Morgan fingerprint density at radius 1 is 1.57 bits per heavy atom. The highest BCUT2D eigenvalue weighted by atomic mass is 16.5. The Bertz CT molecular complexity index is 191. The summed E-state index contributed by atoms with van der Waals surface area (Å²) in [4.78, 5) is 11.1. The summed E-state index contributed by atoms with van der Waals surface area (Å²) < 4.78 is 4.63. The minimum Gasteiger partial charge on any atom is -0.466 e. The second kappa shape index (κ2) is 8.72. The van der Waals surface area contributed by atoms with Crippen LogP contribution in [0.15, 0.2) is 11.6 Å². The van der Waals surface area contributed by atoms with Gasteiger partial charge in [-0.15, -0.1) is 0 Å². The molecule has 0 saturated heterocycles. The molecule has 0 aromatic carbocycles. The van der Waals surface area contributed by atoms with Gasteiger partial charge < -0.3 is 15.8 Å². The first-order valence-electron chi connectivity index (χ1n) is 4.94. The van der Waals surface area contributed by atoms with Gasteiger partial charge in [0.2, 0.25) is 0 Å². The van der Waals surface area contributed by atoms with E-state index in [2.05, 4.69) is 10.1 Å². The maximum Gasteiger partial charge on any atom is 0.333 e. The molecule has 82 valence electrons. The van der Waals surface area contributed by atoms with E-state index in [1.165, 1.54) is 7.11 Å². The quantitative estimate of drug-likeness (QED) is 0.355.